The van der Waals surface area contributed by atoms with Gasteiger partial charge in [-0.05, 0) is 6.92 Å². The van der Waals surface area contributed by atoms with E-state index in [0.29, 0.717) is 35.0 Å². The lowest BCUT2D eigenvalue weighted by Gasteiger charge is -1.90. The molecule has 0 aliphatic heterocycles. The highest BCUT2D eigenvalue weighted by Gasteiger charge is 2.11. The Morgan fingerprint density at radius 2 is 2.15 bits per heavy atom. The monoisotopic (exact) mass is 309 g/mol. The van der Waals surface area contributed by atoms with Gasteiger partial charge in [0.2, 0.25) is 11.8 Å². The molecule has 0 spiro atoms. The van der Waals surface area contributed by atoms with Crippen LogP contribution in [0.2, 0.25) is 0 Å². The van der Waals surface area contributed by atoms with Gasteiger partial charge in [0, 0.05) is 12.3 Å². The fourth-order valence-electron chi connectivity index (χ4n) is 1.54. The van der Waals surface area contributed by atoms with Crippen LogP contribution < -0.4 is 0 Å². The maximum absolute atomic E-state index is 5.54. The quantitative estimate of drug-likeness (QED) is 0.664. The molecule has 20 heavy (non-hydrogen) atoms. The zero-order valence-electron chi connectivity index (χ0n) is 10.9. The number of nitrogens with zero attached hydrogens (tertiary/aromatic N) is 5. The summed E-state index contributed by atoms with van der Waals surface area (Å²) >= 11 is 2.99. The molecule has 0 aliphatic rings. The smallest absolute Gasteiger partial charge is 0.277 e. The molecule has 0 bridgehead atoms. The van der Waals surface area contributed by atoms with Crippen LogP contribution in [0.5, 0.6) is 0 Å². The van der Waals surface area contributed by atoms with Gasteiger partial charge in [-0.3, -0.25) is 0 Å². The molecule has 7 nitrogen and oxygen atoms in total. The summed E-state index contributed by atoms with van der Waals surface area (Å²) in [7, 11) is 0. The second-order valence-electron chi connectivity index (χ2n) is 4.01. The number of rotatable bonds is 5. The molecule has 104 valence electrons. The van der Waals surface area contributed by atoms with E-state index in [-0.39, 0.29) is 0 Å². The Labute approximate surface area is 122 Å². The fraction of sp³-hybridized carbons (Fsp3) is 0.364. The minimum atomic E-state index is 0.495. The Balaban J connectivity index is 1.59. The van der Waals surface area contributed by atoms with E-state index in [4.69, 9.17) is 8.94 Å². The van der Waals surface area contributed by atoms with Gasteiger partial charge in [0.15, 0.2) is 5.82 Å². The molecule has 0 saturated heterocycles. The third-order valence-electron chi connectivity index (χ3n) is 2.34. The summed E-state index contributed by atoms with van der Waals surface area (Å²) in [6.07, 6.45) is 0.555. The Bertz CT molecular complexity index is 705. The molecular formula is C11H11N5O2S2. The van der Waals surface area contributed by atoms with E-state index in [1.807, 2.05) is 12.3 Å². The number of aryl methyl sites for hydroxylation is 2. The summed E-state index contributed by atoms with van der Waals surface area (Å²) in [6.45, 7) is 3.72. The van der Waals surface area contributed by atoms with Crippen LogP contribution in [0, 0.1) is 13.8 Å². The number of aromatic nitrogens is 5. The Hall–Kier alpha value is -1.74. The Kier molecular flexibility index (Phi) is 3.79. The summed E-state index contributed by atoms with van der Waals surface area (Å²) in [6, 6.07) is 0. The summed E-state index contributed by atoms with van der Waals surface area (Å²) < 4.78 is 10.4. The first-order chi connectivity index (χ1) is 9.69. The molecule has 0 N–H and O–H groups in total. The predicted octanol–water partition coefficient (Wildman–Crippen LogP) is 2.41. The third-order valence-corrected chi connectivity index (χ3v) is 3.98. The van der Waals surface area contributed by atoms with Crippen molar-refractivity contribution in [3.8, 4) is 0 Å². The second kappa shape index (κ2) is 5.71. The van der Waals surface area contributed by atoms with E-state index in [0.717, 1.165) is 10.7 Å². The van der Waals surface area contributed by atoms with Crippen LogP contribution in [0.15, 0.2) is 19.5 Å². The van der Waals surface area contributed by atoms with Gasteiger partial charge in [0.25, 0.3) is 5.22 Å². The lowest BCUT2D eigenvalue weighted by molar-refractivity contribution is 0.389. The highest BCUT2D eigenvalue weighted by Crippen LogP contribution is 2.21. The van der Waals surface area contributed by atoms with Crippen molar-refractivity contribution < 1.29 is 8.94 Å². The third kappa shape index (κ3) is 3.23. The van der Waals surface area contributed by atoms with Crippen molar-refractivity contribution in [3.63, 3.8) is 0 Å². The van der Waals surface area contributed by atoms with Gasteiger partial charge >= 0.3 is 0 Å². The molecule has 0 atom stereocenters. The maximum atomic E-state index is 5.54. The largest absolute Gasteiger partial charge is 0.416 e. The summed E-state index contributed by atoms with van der Waals surface area (Å²) in [5.74, 6) is 2.25. The van der Waals surface area contributed by atoms with Gasteiger partial charge in [-0.25, -0.2) is 4.98 Å². The normalized spacial score (nSPS) is 11.1. The molecular weight excluding hydrogens is 298 g/mol. The minimum Gasteiger partial charge on any atom is -0.416 e. The summed E-state index contributed by atoms with van der Waals surface area (Å²) in [5, 5.41) is 15.3. The van der Waals surface area contributed by atoms with Crippen LogP contribution >= 0.6 is 23.1 Å². The van der Waals surface area contributed by atoms with Crippen LogP contribution in [0.3, 0.4) is 0 Å². The molecule has 0 radical (unpaired) electrons. The maximum Gasteiger partial charge on any atom is 0.277 e. The van der Waals surface area contributed by atoms with Crippen molar-refractivity contribution >= 4 is 23.1 Å². The first kappa shape index (κ1) is 13.3. The second-order valence-corrected chi connectivity index (χ2v) is 6.00. The topological polar surface area (TPSA) is 90.7 Å². The number of hydrogen-bond donors (Lipinski definition) is 0. The van der Waals surface area contributed by atoms with Crippen LogP contribution in [0.25, 0.3) is 0 Å². The van der Waals surface area contributed by atoms with Gasteiger partial charge in [-0.1, -0.05) is 16.9 Å². The highest BCUT2D eigenvalue weighted by atomic mass is 32.2. The highest BCUT2D eigenvalue weighted by molar-refractivity contribution is 7.98. The van der Waals surface area contributed by atoms with Crippen LogP contribution in [-0.4, -0.2) is 25.3 Å². The average Bonchev–Trinajstić information content (AvgIpc) is 3.11. The first-order valence-corrected chi connectivity index (χ1v) is 7.71. The number of thioether (sulfide) groups is 1. The van der Waals surface area contributed by atoms with E-state index in [9.17, 15) is 0 Å². The van der Waals surface area contributed by atoms with Crippen molar-refractivity contribution in [2.45, 2.75) is 31.2 Å². The molecule has 3 heterocycles. The molecule has 3 aromatic heterocycles. The lowest BCUT2D eigenvalue weighted by Crippen LogP contribution is -1.88. The zero-order chi connectivity index (χ0) is 13.9. The molecule has 9 heteroatoms. The van der Waals surface area contributed by atoms with Crippen molar-refractivity contribution in [3.05, 3.63) is 33.7 Å². The first-order valence-electron chi connectivity index (χ1n) is 5.84. The molecule has 3 aromatic rings. The molecule has 0 saturated carbocycles. The molecule has 0 aliphatic carbocycles. The van der Waals surface area contributed by atoms with E-state index in [2.05, 4.69) is 25.3 Å². The fourth-order valence-corrected chi connectivity index (χ4v) is 2.77. The average molecular weight is 309 g/mol. The minimum absolute atomic E-state index is 0.495. The van der Waals surface area contributed by atoms with Crippen LogP contribution in [0.1, 0.15) is 28.3 Å². The molecule has 0 aromatic carbocycles. The van der Waals surface area contributed by atoms with Crippen molar-refractivity contribution in [1.29, 1.82) is 0 Å². The molecule has 0 amide bonds. The Morgan fingerprint density at radius 3 is 2.85 bits per heavy atom. The van der Waals surface area contributed by atoms with Crippen LogP contribution in [-0.2, 0) is 12.2 Å². The Morgan fingerprint density at radius 1 is 1.25 bits per heavy atom. The van der Waals surface area contributed by atoms with E-state index in [1.165, 1.54) is 11.8 Å². The van der Waals surface area contributed by atoms with Crippen LogP contribution in [0.4, 0.5) is 0 Å². The van der Waals surface area contributed by atoms with Gasteiger partial charge < -0.3 is 8.94 Å². The number of thiazole rings is 1. The lowest BCUT2D eigenvalue weighted by atomic mass is 10.3. The predicted molar refractivity (Wildman–Crippen MR) is 72.6 cm³/mol. The van der Waals surface area contributed by atoms with Crippen molar-refractivity contribution in [2.24, 2.45) is 0 Å². The van der Waals surface area contributed by atoms with Gasteiger partial charge in [-0.15, -0.1) is 21.5 Å². The van der Waals surface area contributed by atoms with Gasteiger partial charge in [-0.2, -0.15) is 4.98 Å². The van der Waals surface area contributed by atoms with Gasteiger partial charge in [0.05, 0.1) is 22.9 Å². The van der Waals surface area contributed by atoms with E-state index >= 15 is 0 Å². The summed E-state index contributed by atoms with van der Waals surface area (Å²) in [5.41, 5.74) is 0.946. The molecule has 0 fully saturated rings. The van der Waals surface area contributed by atoms with Gasteiger partial charge in [0.1, 0.15) is 0 Å². The standard InChI is InChI=1S/C11H11N5O2S2/c1-6-12-9(16-18-6)5-20-11-15-14-10(17-11)3-8-4-19-7(2)13-8/h4H,3,5H2,1-2H3. The van der Waals surface area contributed by atoms with Crippen molar-refractivity contribution in [1.82, 2.24) is 25.3 Å². The van der Waals surface area contributed by atoms with E-state index in [1.54, 1.807) is 18.3 Å². The zero-order valence-corrected chi connectivity index (χ0v) is 12.5. The van der Waals surface area contributed by atoms with E-state index < -0.39 is 0 Å². The van der Waals surface area contributed by atoms with Crippen molar-refractivity contribution in [2.75, 3.05) is 0 Å². The number of hydrogen-bond acceptors (Lipinski definition) is 9. The molecule has 0 unspecified atom stereocenters. The molecule has 3 rings (SSSR count). The SMILES string of the molecule is Cc1nc(CSc2nnc(Cc3csc(C)n3)o2)no1. The summed E-state index contributed by atoms with van der Waals surface area (Å²) in [4.78, 5) is 8.47.